The van der Waals surface area contributed by atoms with Gasteiger partial charge in [-0.05, 0) is 19.4 Å². The predicted octanol–water partition coefficient (Wildman–Crippen LogP) is 0.689. The molecule has 0 saturated carbocycles. The van der Waals surface area contributed by atoms with Crippen molar-refractivity contribution in [2.24, 2.45) is 0 Å². The third kappa shape index (κ3) is 3.35. The number of hydrogen-bond donors (Lipinski definition) is 2. The molecule has 1 amide bonds. The average Bonchev–Trinajstić information content (AvgIpc) is 2.65. The third-order valence-electron chi connectivity index (χ3n) is 1.84. The number of amides is 1. The highest BCUT2D eigenvalue weighted by Crippen LogP contribution is 2.15. The molecule has 0 aliphatic heterocycles. The molecule has 88 valence electrons. The molecule has 1 heterocycles. The van der Waals surface area contributed by atoms with Crippen LogP contribution in [0.4, 0.5) is 5.88 Å². The maximum absolute atomic E-state index is 11.4. The summed E-state index contributed by atoms with van der Waals surface area (Å²) in [5.74, 6) is -1.12. The van der Waals surface area contributed by atoms with Crippen LogP contribution in [-0.2, 0) is 0 Å². The number of carbonyl (C=O) groups is 1. The Kier molecular flexibility index (Phi) is 4.01. The molecule has 16 heavy (non-hydrogen) atoms. The lowest BCUT2D eigenvalue weighted by atomic mass is 10.3. The quantitative estimate of drug-likeness (QED) is 0.569. The molecule has 0 bridgehead atoms. The van der Waals surface area contributed by atoms with Crippen molar-refractivity contribution in [2.45, 2.75) is 19.4 Å². The molecule has 1 unspecified atom stereocenters. The zero-order valence-corrected chi connectivity index (χ0v) is 8.67. The molecule has 0 fully saturated rings. The summed E-state index contributed by atoms with van der Waals surface area (Å²) in [6, 6.07) is 2.35. The highest BCUT2D eigenvalue weighted by molar-refractivity contribution is 5.91. The first-order valence-corrected chi connectivity index (χ1v) is 4.71. The van der Waals surface area contributed by atoms with Crippen molar-refractivity contribution < 1.29 is 19.2 Å². The van der Waals surface area contributed by atoms with Gasteiger partial charge in [0.2, 0.25) is 0 Å². The van der Waals surface area contributed by atoms with Gasteiger partial charge < -0.3 is 14.8 Å². The van der Waals surface area contributed by atoms with Gasteiger partial charge in [0.1, 0.15) is 4.92 Å². The molecule has 7 heteroatoms. The van der Waals surface area contributed by atoms with Gasteiger partial charge in [-0.3, -0.25) is 14.9 Å². The summed E-state index contributed by atoms with van der Waals surface area (Å²) in [6.45, 7) is 1.88. The Bertz CT molecular complexity index is 385. The zero-order chi connectivity index (χ0) is 12.1. The minimum Gasteiger partial charge on any atom is -0.395 e. The number of furan rings is 1. The van der Waals surface area contributed by atoms with Crippen LogP contribution < -0.4 is 5.32 Å². The van der Waals surface area contributed by atoms with Gasteiger partial charge in [0.05, 0.1) is 12.2 Å². The second kappa shape index (κ2) is 5.26. The van der Waals surface area contributed by atoms with E-state index >= 15 is 0 Å². The van der Waals surface area contributed by atoms with E-state index in [1.165, 1.54) is 6.07 Å². The highest BCUT2D eigenvalue weighted by Gasteiger charge is 2.16. The van der Waals surface area contributed by atoms with Crippen LogP contribution in [-0.4, -0.2) is 28.6 Å². The Morgan fingerprint density at radius 1 is 1.69 bits per heavy atom. The largest absolute Gasteiger partial charge is 0.433 e. The second-order valence-electron chi connectivity index (χ2n) is 3.29. The fourth-order valence-electron chi connectivity index (χ4n) is 1.03. The fraction of sp³-hybridized carbons (Fsp3) is 0.444. The molecule has 1 rings (SSSR count). The number of nitrogens with one attached hydrogen (secondary N) is 1. The summed E-state index contributed by atoms with van der Waals surface area (Å²) in [6.07, 6.45) is -0.0969. The lowest BCUT2D eigenvalue weighted by Crippen LogP contribution is -2.26. The average molecular weight is 228 g/mol. The molecule has 1 aromatic rings. The molecule has 0 aliphatic rings. The van der Waals surface area contributed by atoms with E-state index in [0.717, 1.165) is 6.07 Å². The summed E-state index contributed by atoms with van der Waals surface area (Å²) < 4.78 is 4.69. The first-order valence-electron chi connectivity index (χ1n) is 4.71. The van der Waals surface area contributed by atoms with Crippen molar-refractivity contribution in [3.05, 3.63) is 28.0 Å². The van der Waals surface area contributed by atoms with Crippen molar-refractivity contribution >= 4 is 11.8 Å². The van der Waals surface area contributed by atoms with E-state index in [2.05, 4.69) is 5.32 Å². The topological polar surface area (TPSA) is 106 Å². The zero-order valence-electron chi connectivity index (χ0n) is 8.67. The molecule has 0 radical (unpaired) electrons. The normalized spacial score (nSPS) is 12.1. The first-order chi connectivity index (χ1) is 7.50. The van der Waals surface area contributed by atoms with Crippen molar-refractivity contribution in [3.63, 3.8) is 0 Å². The second-order valence-corrected chi connectivity index (χ2v) is 3.29. The molecule has 0 aromatic carbocycles. The summed E-state index contributed by atoms with van der Waals surface area (Å²) in [5.41, 5.74) is 0. The molecule has 0 aliphatic carbocycles. The minimum atomic E-state index is -0.716. The van der Waals surface area contributed by atoms with Gasteiger partial charge in [-0.2, -0.15) is 0 Å². The summed E-state index contributed by atoms with van der Waals surface area (Å²) in [5, 5.41) is 21.7. The van der Waals surface area contributed by atoms with Crippen molar-refractivity contribution in [1.82, 2.24) is 5.32 Å². The van der Waals surface area contributed by atoms with Gasteiger partial charge in [-0.1, -0.05) is 0 Å². The number of aliphatic hydroxyl groups is 1. The SMILES string of the molecule is CC(O)CCNC(=O)c1ccc([N+](=O)[O-])o1. The molecule has 0 saturated heterocycles. The van der Waals surface area contributed by atoms with Crippen LogP contribution in [0, 0.1) is 10.1 Å². The Hall–Kier alpha value is -1.89. The number of nitrogens with zero attached hydrogens (tertiary/aromatic N) is 1. The summed E-state index contributed by atoms with van der Waals surface area (Å²) in [4.78, 5) is 20.9. The van der Waals surface area contributed by atoms with Crippen LogP contribution in [0.15, 0.2) is 16.5 Å². The Balaban J connectivity index is 2.50. The lowest BCUT2D eigenvalue weighted by molar-refractivity contribution is -0.402. The number of hydrogen-bond acceptors (Lipinski definition) is 5. The molecule has 1 aromatic heterocycles. The van der Waals surface area contributed by atoms with Crippen LogP contribution in [0.1, 0.15) is 23.9 Å². The van der Waals surface area contributed by atoms with Gasteiger partial charge in [0.15, 0.2) is 5.76 Å². The van der Waals surface area contributed by atoms with Crippen molar-refractivity contribution in [2.75, 3.05) is 6.54 Å². The molecule has 7 nitrogen and oxygen atoms in total. The Morgan fingerprint density at radius 2 is 2.38 bits per heavy atom. The van der Waals surface area contributed by atoms with Crippen LogP contribution in [0.5, 0.6) is 0 Å². The molecule has 2 N–H and O–H groups in total. The van der Waals surface area contributed by atoms with E-state index in [1.807, 2.05) is 0 Å². The number of nitro groups is 1. The minimum absolute atomic E-state index is 0.114. The molecular weight excluding hydrogens is 216 g/mol. The van der Waals surface area contributed by atoms with E-state index in [4.69, 9.17) is 9.52 Å². The number of rotatable bonds is 5. The maximum atomic E-state index is 11.4. The molecule has 0 spiro atoms. The maximum Gasteiger partial charge on any atom is 0.433 e. The van der Waals surface area contributed by atoms with Crippen LogP contribution in [0.25, 0.3) is 0 Å². The van der Waals surface area contributed by atoms with E-state index in [9.17, 15) is 14.9 Å². The van der Waals surface area contributed by atoms with Crippen LogP contribution in [0.3, 0.4) is 0 Å². The number of carbonyl (C=O) groups excluding carboxylic acids is 1. The standard InChI is InChI=1S/C9H12N2O5/c1-6(12)4-5-10-9(13)7-2-3-8(16-7)11(14)15/h2-3,6,12H,4-5H2,1H3,(H,10,13). The molecule has 1 atom stereocenters. The van der Waals surface area contributed by atoms with E-state index in [0.29, 0.717) is 6.42 Å². The van der Waals surface area contributed by atoms with E-state index in [1.54, 1.807) is 6.92 Å². The predicted molar refractivity (Wildman–Crippen MR) is 54.0 cm³/mol. The van der Waals surface area contributed by atoms with Crippen molar-refractivity contribution in [3.8, 4) is 0 Å². The molecular formula is C9H12N2O5. The van der Waals surface area contributed by atoms with E-state index < -0.39 is 22.8 Å². The van der Waals surface area contributed by atoms with Crippen LogP contribution >= 0.6 is 0 Å². The Labute approximate surface area is 91.2 Å². The van der Waals surface area contributed by atoms with Gasteiger partial charge in [0.25, 0.3) is 5.91 Å². The lowest BCUT2D eigenvalue weighted by Gasteiger charge is -2.04. The van der Waals surface area contributed by atoms with Gasteiger partial charge in [0, 0.05) is 6.54 Å². The third-order valence-corrected chi connectivity index (χ3v) is 1.84. The summed E-state index contributed by atoms with van der Waals surface area (Å²) in [7, 11) is 0. The van der Waals surface area contributed by atoms with Gasteiger partial charge in [-0.15, -0.1) is 0 Å². The smallest absolute Gasteiger partial charge is 0.395 e. The highest BCUT2D eigenvalue weighted by atomic mass is 16.6. The van der Waals surface area contributed by atoms with Crippen molar-refractivity contribution in [1.29, 1.82) is 0 Å². The monoisotopic (exact) mass is 228 g/mol. The summed E-state index contributed by atoms with van der Waals surface area (Å²) >= 11 is 0. The Morgan fingerprint density at radius 3 is 2.88 bits per heavy atom. The number of aliphatic hydroxyl groups excluding tert-OH is 1. The van der Waals surface area contributed by atoms with Gasteiger partial charge in [-0.25, -0.2) is 0 Å². The first kappa shape index (κ1) is 12.2. The van der Waals surface area contributed by atoms with Crippen LogP contribution in [0.2, 0.25) is 0 Å². The fourth-order valence-corrected chi connectivity index (χ4v) is 1.03. The van der Waals surface area contributed by atoms with E-state index in [-0.39, 0.29) is 12.3 Å². The van der Waals surface area contributed by atoms with Gasteiger partial charge >= 0.3 is 5.88 Å².